The summed E-state index contributed by atoms with van der Waals surface area (Å²) in [5.41, 5.74) is 2.85. The molecule has 0 spiro atoms. The SMILES string of the molecule is COCc1nn(Cc2ccc(Cn3ccccc3=O)cc2)cc1C(=O)NCCOc1cc(F)cc(Cl)c1. The van der Waals surface area contributed by atoms with Crippen molar-refractivity contribution >= 4 is 17.5 Å². The first-order chi connectivity index (χ1) is 17.9. The lowest BCUT2D eigenvalue weighted by Gasteiger charge is -2.08. The van der Waals surface area contributed by atoms with Gasteiger partial charge in [0, 0.05) is 36.7 Å². The first-order valence-electron chi connectivity index (χ1n) is 11.6. The molecule has 192 valence electrons. The topological polar surface area (TPSA) is 87.4 Å². The van der Waals surface area contributed by atoms with Crippen LogP contribution >= 0.6 is 11.6 Å². The third kappa shape index (κ3) is 7.28. The van der Waals surface area contributed by atoms with E-state index in [-0.39, 0.29) is 42.0 Å². The average molecular weight is 525 g/mol. The van der Waals surface area contributed by atoms with E-state index in [0.29, 0.717) is 24.3 Å². The lowest BCUT2D eigenvalue weighted by molar-refractivity contribution is 0.0942. The van der Waals surface area contributed by atoms with E-state index in [9.17, 15) is 14.0 Å². The van der Waals surface area contributed by atoms with Gasteiger partial charge in [-0.15, -0.1) is 0 Å². The summed E-state index contributed by atoms with van der Waals surface area (Å²) in [5, 5.41) is 7.53. The fraction of sp³-hybridized carbons (Fsp3) is 0.222. The van der Waals surface area contributed by atoms with Crippen LogP contribution in [-0.4, -0.2) is 40.5 Å². The molecule has 0 unspecified atom stereocenters. The third-order valence-electron chi connectivity index (χ3n) is 5.48. The number of carbonyl (C=O) groups excluding carboxylic acids is 1. The maximum atomic E-state index is 13.4. The van der Waals surface area contributed by atoms with Gasteiger partial charge in [0.25, 0.3) is 11.5 Å². The molecule has 0 fully saturated rings. The molecule has 37 heavy (non-hydrogen) atoms. The molecule has 1 amide bonds. The molecule has 0 saturated carbocycles. The van der Waals surface area contributed by atoms with Crippen molar-refractivity contribution in [2.75, 3.05) is 20.3 Å². The van der Waals surface area contributed by atoms with Crippen LogP contribution in [0.4, 0.5) is 4.39 Å². The number of rotatable bonds is 11. The first kappa shape index (κ1) is 26.1. The molecular formula is C27H26ClFN4O4. The van der Waals surface area contributed by atoms with Crippen molar-refractivity contribution in [2.24, 2.45) is 0 Å². The minimum atomic E-state index is -0.496. The Hall–Kier alpha value is -3.95. The second-order valence-corrected chi connectivity index (χ2v) is 8.75. The van der Waals surface area contributed by atoms with Crippen molar-refractivity contribution in [1.29, 1.82) is 0 Å². The number of benzene rings is 2. The molecule has 0 aliphatic heterocycles. The maximum absolute atomic E-state index is 13.4. The summed E-state index contributed by atoms with van der Waals surface area (Å²) in [5.74, 6) is -0.527. The van der Waals surface area contributed by atoms with Crippen LogP contribution in [0.5, 0.6) is 5.75 Å². The van der Waals surface area contributed by atoms with Gasteiger partial charge in [-0.05, 0) is 29.3 Å². The van der Waals surface area contributed by atoms with E-state index < -0.39 is 5.82 Å². The van der Waals surface area contributed by atoms with Gasteiger partial charge in [-0.1, -0.05) is 41.9 Å². The summed E-state index contributed by atoms with van der Waals surface area (Å²) in [6, 6.07) is 16.9. The number of aromatic nitrogens is 3. The molecule has 0 radical (unpaired) electrons. The molecular weight excluding hydrogens is 499 g/mol. The monoisotopic (exact) mass is 524 g/mol. The predicted octanol–water partition coefficient (Wildman–Crippen LogP) is 3.89. The summed E-state index contributed by atoms with van der Waals surface area (Å²) < 4.78 is 27.4. The molecule has 0 saturated heterocycles. The molecule has 1 N–H and O–H groups in total. The zero-order chi connectivity index (χ0) is 26.2. The molecule has 8 nitrogen and oxygen atoms in total. The fourth-order valence-electron chi connectivity index (χ4n) is 3.74. The zero-order valence-corrected chi connectivity index (χ0v) is 21.0. The van der Waals surface area contributed by atoms with Gasteiger partial charge in [0.2, 0.25) is 0 Å². The van der Waals surface area contributed by atoms with Gasteiger partial charge in [-0.3, -0.25) is 14.3 Å². The van der Waals surface area contributed by atoms with E-state index in [1.807, 2.05) is 30.3 Å². The van der Waals surface area contributed by atoms with Crippen LogP contribution in [0.3, 0.4) is 0 Å². The number of hydrogen-bond acceptors (Lipinski definition) is 5. The van der Waals surface area contributed by atoms with Crippen molar-refractivity contribution in [3.8, 4) is 5.75 Å². The van der Waals surface area contributed by atoms with Gasteiger partial charge in [0.15, 0.2) is 0 Å². The zero-order valence-electron chi connectivity index (χ0n) is 20.2. The summed E-state index contributed by atoms with van der Waals surface area (Å²) in [4.78, 5) is 24.7. The Morgan fingerprint density at radius 3 is 2.54 bits per heavy atom. The van der Waals surface area contributed by atoms with Crippen molar-refractivity contribution in [3.05, 3.63) is 117 Å². The third-order valence-corrected chi connectivity index (χ3v) is 5.69. The van der Waals surface area contributed by atoms with Gasteiger partial charge in [-0.25, -0.2) is 4.39 Å². The Bertz CT molecular complexity index is 1400. The second-order valence-electron chi connectivity index (χ2n) is 8.31. The molecule has 2 heterocycles. The molecule has 0 aliphatic rings. The van der Waals surface area contributed by atoms with Crippen LogP contribution < -0.4 is 15.6 Å². The molecule has 0 atom stereocenters. The average Bonchev–Trinajstić information content (AvgIpc) is 3.26. The highest BCUT2D eigenvalue weighted by atomic mass is 35.5. The van der Waals surface area contributed by atoms with Crippen LogP contribution in [0.2, 0.25) is 5.02 Å². The number of amides is 1. The Kier molecular flexibility index (Phi) is 8.71. The molecule has 0 bridgehead atoms. The Labute approximate surface area is 218 Å². The second kappa shape index (κ2) is 12.3. The largest absolute Gasteiger partial charge is 0.492 e. The molecule has 4 aromatic rings. The number of halogens is 2. The normalized spacial score (nSPS) is 10.9. The lowest BCUT2D eigenvalue weighted by atomic mass is 10.1. The van der Waals surface area contributed by atoms with E-state index in [1.165, 1.54) is 31.4 Å². The highest BCUT2D eigenvalue weighted by molar-refractivity contribution is 6.30. The molecule has 0 aliphatic carbocycles. The summed E-state index contributed by atoms with van der Waals surface area (Å²) in [6.45, 7) is 1.47. The van der Waals surface area contributed by atoms with Crippen LogP contribution in [0.25, 0.3) is 0 Å². The highest BCUT2D eigenvalue weighted by Crippen LogP contribution is 2.20. The van der Waals surface area contributed by atoms with Crippen molar-refractivity contribution in [2.45, 2.75) is 19.7 Å². The van der Waals surface area contributed by atoms with E-state index >= 15 is 0 Å². The van der Waals surface area contributed by atoms with Gasteiger partial charge in [0.05, 0.1) is 31.8 Å². The van der Waals surface area contributed by atoms with Crippen molar-refractivity contribution < 1.29 is 18.7 Å². The van der Waals surface area contributed by atoms with Crippen LogP contribution in [0.1, 0.15) is 27.2 Å². The number of pyridine rings is 1. The number of methoxy groups -OCH3 is 1. The molecule has 4 rings (SSSR count). The minimum Gasteiger partial charge on any atom is -0.492 e. The van der Waals surface area contributed by atoms with Crippen molar-refractivity contribution in [1.82, 2.24) is 19.7 Å². The molecule has 2 aromatic heterocycles. The summed E-state index contributed by atoms with van der Waals surface area (Å²) in [7, 11) is 1.54. The van der Waals surface area contributed by atoms with Crippen LogP contribution in [0.15, 0.2) is 77.9 Å². The number of nitrogens with zero attached hydrogens (tertiary/aromatic N) is 3. The first-order valence-corrected chi connectivity index (χ1v) is 11.9. The van der Waals surface area contributed by atoms with E-state index in [1.54, 1.807) is 27.7 Å². The number of ether oxygens (including phenoxy) is 2. The Balaban J connectivity index is 1.35. The van der Waals surface area contributed by atoms with Gasteiger partial charge >= 0.3 is 0 Å². The Morgan fingerprint density at radius 2 is 1.84 bits per heavy atom. The smallest absolute Gasteiger partial charge is 0.254 e. The predicted molar refractivity (Wildman–Crippen MR) is 138 cm³/mol. The number of nitrogens with one attached hydrogen (secondary N) is 1. The maximum Gasteiger partial charge on any atom is 0.254 e. The minimum absolute atomic E-state index is 0.0514. The standard InChI is InChI=1S/C27H26ClFN4O4/c1-36-18-25-24(27(35)30-9-11-37-23-13-21(28)12-22(29)14-23)17-33(31-25)16-20-7-5-19(6-8-20)15-32-10-3-2-4-26(32)34/h2-8,10,12-14,17H,9,11,15-16,18H2,1H3,(H,30,35). The van der Waals surface area contributed by atoms with Gasteiger partial charge in [0.1, 0.15) is 23.9 Å². The van der Waals surface area contributed by atoms with Crippen LogP contribution in [0, 0.1) is 5.82 Å². The summed E-state index contributed by atoms with van der Waals surface area (Å²) in [6.07, 6.45) is 3.43. The van der Waals surface area contributed by atoms with Gasteiger partial charge in [-0.2, -0.15) is 5.10 Å². The van der Waals surface area contributed by atoms with Crippen LogP contribution in [-0.2, 0) is 24.4 Å². The van der Waals surface area contributed by atoms with E-state index in [2.05, 4.69) is 10.4 Å². The summed E-state index contributed by atoms with van der Waals surface area (Å²) >= 11 is 5.82. The van der Waals surface area contributed by atoms with Crippen molar-refractivity contribution in [3.63, 3.8) is 0 Å². The molecule has 2 aromatic carbocycles. The number of hydrogen-bond donors (Lipinski definition) is 1. The quantitative estimate of drug-likeness (QED) is 0.301. The van der Waals surface area contributed by atoms with E-state index in [4.69, 9.17) is 21.1 Å². The highest BCUT2D eigenvalue weighted by Gasteiger charge is 2.16. The van der Waals surface area contributed by atoms with E-state index in [0.717, 1.165) is 11.1 Å². The van der Waals surface area contributed by atoms with Gasteiger partial charge < -0.3 is 19.4 Å². The fourth-order valence-corrected chi connectivity index (χ4v) is 3.95. The Morgan fingerprint density at radius 1 is 1.08 bits per heavy atom. The lowest BCUT2D eigenvalue weighted by Crippen LogP contribution is -2.28. The molecule has 10 heteroatoms. The number of carbonyl (C=O) groups is 1.